The van der Waals surface area contributed by atoms with Gasteiger partial charge in [-0.3, -0.25) is 9.59 Å². The first-order chi connectivity index (χ1) is 12.4. The summed E-state index contributed by atoms with van der Waals surface area (Å²) in [6, 6.07) is 7.54. The van der Waals surface area contributed by atoms with Gasteiger partial charge in [0, 0.05) is 11.4 Å². The van der Waals surface area contributed by atoms with Crippen LogP contribution in [0.4, 0.5) is 14.5 Å². The lowest BCUT2D eigenvalue weighted by molar-refractivity contribution is -0.119. The van der Waals surface area contributed by atoms with Gasteiger partial charge in [-0.15, -0.1) is 11.8 Å². The average molecular weight is 376 g/mol. The largest absolute Gasteiger partial charge is 0.324 e. The molecule has 0 radical (unpaired) electrons. The van der Waals surface area contributed by atoms with Gasteiger partial charge in [0.25, 0.3) is 5.91 Å². The number of carbonyl (C=O) groups is 2. The third-order valence-electron chi connectivity index (χ3n) is 4.38. The van der Waals surface area contributed by atoms with Crippen molar-refractivity contribution < 1.29 is 18.4 Å². The summed E-state index contributed by atoms with van der Waals surface area (Å²) in [5, 5.41) is 2.80. The van der Waals surface area contributed by atoms with E-state index in [1.807, 2.05) is 26.0 Å². The number of nitrogens with one attached hydrogen (secondary N) is 1. The van der Waals surface area contributed by atoms with Crippen molar-refractivity contribution in [3.05, 3.63) is 64.7 Å². The van der Waals surface area contributed by atoms with E-state index in [-0.39, 0.29) is 17.3 Å². The first-order valence-electron chi connectivity index (χ1n) is 8.08. The molecule has 0 aromatic heterocycles. The topological polar surface area (TPSA) is 49.4 Å². The Bertz CT molecular complexity index is 873. The van der Waals surface area contributed by atoms with Gasteiger partial charge in [0.05, 0.1) is 11.4 Å². The van der Waals surface area contributed by atoms with Crippen LogP contribution < -0.4 is 5.32 Å². The minimum absolute atomic E-state index is 0.250. The molecule has 1 atom stereocenters. The predicted octanol–water partition coefficient (Wildman–Crippen LogP) is 3.74. The van der Waals surface area contributed by atoms with E-state index >= 15 is 0 Å². The molecule has 0 bridgehead atoms. The summed E-state index contributed by atoms with van der Waals surface area (Å²) in [6.07, 6.45) is 0. The molecule has 2 aromatic rings. The Labute approximate surface area is 154 Å². The molecule has 7 heteroatoms. The monoisotopic (exact) mass is 376 g/mol. The van der Waals surface area contributed by atoms with E-state index in [0.29, 0.717) is 11.4 Å². The van der Waals surface area contributed by atoms with Crippen molar-refractivity contribution in [3.8, 4) is 0 Å². The Morgan fingerprint density at radius 3 is 2.62 bits per heavy atom. The molecule has 1 fully saturated rings. The summed E-state index contributed by atoms with van der Waals surface area (Å²) in [4.78, 5) is 26.5. The summed E-state index contributed by atoms with van der Waals surface area (Å²) < 4.78 is 27.3. The summed E-state index contributed by atoms with van der Waals surface area (Å²) in [6.45, 7) is 3.92. The Kier molecular flexibility index (Phi) is 5.27. The summed E-state index contributed by atoms with van der Waals surface area (Å²) in [5.74, 6) is -1.88. The Balaban J connectivity index is 1.78. The molecule has 0 spiro atoms. The highest BCUT2D eigenvalue weighted by Gasteiger charge is 2.36. The number of hydrogen-bond donors (Lipinski definition) is 1. The molecule has 1 heterocycles. The van der Waals surface area contributed by atoms with E-state index in [1.54, 1.807) is 6.07 Å². The van der Waals surface area contributed by atoms with Gasteiger partial charge in [-0.2, -0.15) is 0 Å². The fourth-order valence-electron chi connectivity index (χ4n) is 2.72. The van der Waals surface area contributed by atoms with E-state index < -0.39 is 23.6 Å². The molecule has 136 valence electrons. The fourth-order valence-corrected chi connectivity index (χ4v) is 3.87. The second-order valence-corrected chi connectivity index (χ2v) is 7.20. The fraction of sp³-hybridized carbons (Fsp3) is 0.263. The Morgan fingerprint density at radius 2 is 1.88 bits per heavy atom. The third kappa shape index (κ3) is 3.72. The molecular weight excluding hydrogens is 358 g/mol. The lowest BCUT2D eigenvalue weighted by Gasteiger charge is -2.23. The Hall–Kier alpha value is -2.41. The van der Waals surface area contributed by atoms with Gasteiger partial charge >= 0.3 is 0 Å². The lowest BCUT2D eigenvalue weighted by Crippen LogP contribution is -2.44. The SMILES string of the molecule is Cc1ccc(NC(=O)C2CSCN2C(=O)c2cc(F)ccc2F)cc1C. The van der Waals surface area contributed by atoms with Crippen molar-refractivity contribution in [2.75, 3.05) is 16.9 Å². The summed E-state index contributed by atoms with van der Waals surface area (Å²) in [7, 11) is 0. The van der Waals surface area contributed by atoms with Crippen LogP contribution in [0.5, 0.6) is 0 Å². The number of aryl methyl sites for hydroxylation is 2. The zero-order chi connectivity index (χ0) is 18.8. The number of rotatable bonds is 3. The quantitative estimate of drug-likeness (QED) is 0.888. The zero-order valence-corrected chi connectivity index (χ0v) is 15.2. The molecule has 3 rings (SSSR count). The van der Waals surface area contributed by atoms with Crippen LogP contribution in [0.1, 0.15) is 21.5 Å². The highest BCUT2D eigenvalue weighted by Crippen LogP contribution is 2.26. The smallest absolute Gasteiger partial charge is 0.258 e. The molecule has 2 aromatic carbocycles. The molecule has 1 aliphatic rings. The maximum absolute atomic E-state index is 13.9. The number of amides is 2. The number of nitrogens with zero attached hydrogens (tertiary/aromatic N) is 1. The van der Waals surface area contributed by atoms with Gasteiger partial charge in [0.1, 0.15) is 17.7 Å². The van der Waals surface area contributed by atoms with Crippen molar-refractivity contribution in [2.24, 2.45) is 0 Å². The maximum atomic E-state index is 13.9. The van der Waals surface area contributed by atoms with Gasteiger partial charge in [0.15, 0.2) is 0 Å². The number of benzene rings is 2. The van der Waals surface area contributed by atoms with E-state index in [4.69, 9.17) is 0 Å². The minimum Gasteiger partial charge on any atom is -0.324 e. The van der Waals surface area contributed by atoms with Gasteiger partial charge in [0.2, 0.25) is 5.91 Å². The highest BCUT2D eigenvalue weighted by atomic mass is 32.2. The van der Waals surface area contributed by atoms with Crippen molar-refractivity contribution >= 4 is 29.3 Å². The van der Waals surface area contributed by atoms with Crippen LogP contribution >= 0.6 is 11.8 Å². The van der Waals surface area contributed by atoms with Gasteiger partial charge < -0.3 is 10.2 Å². The molecule has 0 aliphatic carbocycles. The number of halogens is 2. The molecule has 1 aliphatic heterocycles. The van der Waals surface area contributed by atoms with Crippen LogP contribution in [0.3, 0.4) is 0 Å². The number of anilines is 1. The summed E-state index contributed by atoms with van der Waals surface area (Å²) in [5.41, 5.74) is 2.42. The van der Waals surface area contributed by atoms with Gasteiger partial charge in [-0.1, -0.05) is 6.07 Å². The molecule has 1 saturated heterocycles. The van der Waals surface area contributed by atoms with Crippen molar-refractivity contribution in [1.29, 1.82) is 0 Å². The van der Waals surface area contributed by atoms with E-state index in [9.17, 15) is 18.4 Å². The van der Waals surface area contributed by atoms with Gasteiger partial charge in [-0.05, 0) is 55.3 Å². The average Bonchev–Trinajstić information content (AvgIpc) is 3.09. The third-order valence-corrected chi connectivity index (χ3v) is 5.39. The normalized spacial score (nSPS) is 16.6. The Morgan fingerprint density at radius 1 is 1.12 bits per heavy atom. The zero-order valence-electron chi connectivity index (χ0n) is 14.4. The first kappa shape index (κ1) is 18.4. The van der Waals surface area contributed by atoms with E-state index in [0.717, 1.165) is 29.3 Å². The number of thioether (sulfide) groups is 1. The lowest BCUT2D eigenvalue weighted by atomic mass is 10.1. The van der Waals surface area contributed by atoms with Crippen LogP contribution in [0.25, 0.3) is 0 Å². The van der Waals surface area contributed by atoms with Crippen LogP contribution in [-0.4, -0.2) is 34.4 Å². The number of carbonyl (C=O) groups excluding carboxylic acids is 2. The number of hydrogen-bond acceptors (Lipinski definition) is 3. The molecule has 1 N–H and O–H groups in total. The molecule has 4 nitrogen and oxygen atoms in total. The maximum Gasteiger partial charge on any atom is 0.258 e. The van der Waals surface area contributed by atoms with Crippen LogP contribution in [0, 0.1) is 25.5 Å². The van der Waals surface area contributed by atoms with Crippen LogP contribution in [-0.2, 0) is 4.79 Å². The molecule has 1 unspecified atom stereocenters. The predicted molar refractivity (Wildman–Crippen MR) is 98.2 cm³/mol. The standard InChI is InChI=1S/C19H18F2N2O2S/c1-11-3-5-14(7-12(11)2)22-18(24)17-9-26-10-23(17)19(25)15-8-13(20)4-6-16(15)21/h3-8,17H,9-10H2,1-2H3,(H,22,24). The van der Waals surface area contributed by atoms with Crippen molar-refractivity contribution in [2.45, 2.75) is 19.9 Å². The van der Waals surface area contributed by atoms with Gasteiger partial charge in [-0.25, -0.2) is 8.78 Å². The molecular formula is C19H18F2N2O2S. The van der Waals surface area contributed by atoms with Crippen LogP contribution in [0.2, 0.25) is 0 Å². The minimum atomic E-state index is -0.804. The second-order valence-electron chi connectivity index (χ2n) is 6.20. The molecule has 2 amide bonds. The highest BCUT2D eigenvalue weighted by molar-refractivity contribution is 7.99. The summed E-state index contributed by atoms with van der Waals surface area (Å²) >= 11 is 1.40. The molecule has 0 saturated carbocycles. The van der Waals surface area contributed by atoms with Crippen LogP contribution in [0.15, 0.2) is 36.4 Å². The first-order valence-corrected chi connectivity index (χ1v) is 9.24. The van der Waals surface area contributed by atoms with E-state index in [2.05, 4.69) is 5.32 Å². The molecule has 26 heavy (non-hydrogen) atoms. The van der Waals surface area contributed by atoms with Crippen molar-refractivity contribution in [3.63, 3.8) is 0 Å². The van der Waals surface area contributed by atoms with E-state index in [1.165, 1.54) is 16.7 Å². The second kappa shape index (κ2) is 7.45. The van der Waals surface area contributed by atoms with Crippen molar-refractivity contribution in [1.82, 2.24) is 4.90 Å².